The summed E-state index contributed by atoms with van der Waals surface area (Å²) < 4.78 is 0. The Kier molecular flexibility index (Phi) is 4.02. The molecule has 0 saturated carbocycles. The summed E-state index contributed by atoms with van der Waals surface area (Å²) in [4.78, 5) is 0. The Morgan fingerprint density at radius 1 is 1.00 bits per heavy atom. The van der Waals surface area contributed by atoms with Crippen molar-refractivity contribution in [3.05, 3.63) is 0 Å². The minimum absolute atomic E-state index is 0.559. The van der Waals surface area contributed by atoms with E-state index < -0.39 is 8.07 Å². The van der Waals surface area contributed by atoms with Crippen molar-refractivity contribution in [2.75, 3.05) is 0 Å². The van der Waals surface area contributed by atoms with Crippen LogP contribution in [0, 0.1) is 0 Å². The van der Waals surface area contributed by atoms with E-state index in [-0.39, 0.29) is 0 Å². The van der Waals surface area contributed by atoms with Crippen LogP contribution in [0.25, 0.3) is 0 Å². The second-order valence-electron chi connectivity index (χ2n) is 5.49. The van der Waals surface area contributed by atoms with Crippen LogP contribution in [-0.2, 0) is 0 Å². The Morgan fingerprint density at radius 3 is 1.42 bits per heavy atom. The summed E-state index contributed by atoms with van der Waals surface area (Å²) >= 11 is 0. The summed E-state index contributed by atoms with van der Waals surface area (Å²) in [5, 5.41) is 0.559. The van der Waals surface area contributed by atoms with Crippen molar-refractivity contribution >= 4 is 8.07 Å². The third-order valence-electron chi connectivity index (χ3n) is 3.94. The van der Waals surface area contributed by atoms with E-state index in [9.17, 15) is 0 Å². The van der Waals surface area contributed by atoms with E-state index in [2.05, 4.69) is 47.7 Å². The SMILES string of the molecule is CCC(CC)[Si](C)(C)C(C)(C)C. The van der Waals surface area contributed by atoms with Crippen molar-refractivity contribution in [3.8, 4) is 0 Å². The molecule has 0 rings (SSSR count). The van der Waals surface area contributed by atoms with Crippen LogP contribution >= 0.6 is 0 Å². The van der Waals surface area contributed by atoms with Crippen LogP contribution in [0.15, 0.2) is 0 Å². The predicted octanol–water partition coefficient (Wildman–Crippen LogP) is 4.69. The van der Waals surface area contributed by atoms with Gasteiger partial charge in [0.05, 0.1) is 8.07 Å². The highest BCUT2D eigenvalue weighted by atomic mass is 28.3. The Balaban J connectivity index is 4.57. The molecule has 0 N–H and O–H groups in total. The average Bonchev–Trinajstić information content (AvgIpc) is 1.87. The van der Waals surface area contributed by atoms with Gasteiger partial charge in [0.1, 0.15) is 0 Å². The lowest BCUT2D eigenvalue weighted by Crippen LogP contribution is -2.41. The first kappa shape index (κ1) is 12.2. The van der Waals surface area contributed by atoms with Gasteiger partial charge < -0.3 is 0 Å². The number of hydrogen-bond acceptors (Lipinski definition) is 0. The highest BCUT2D eigenvalue weighted by Crippen LogP contribution is 2.45. The maximum atomic E-state index is 2.55. The van der Waals surface area contributed by atoms with Crippen LogP contribution in [-0.4, -0.2) is 8.07 Å². The molecule has 12 heavy (non-hydrogen) atoms. The molecule has 0 aromatic rings. The smallest absolute Gasteiger partial charge is 0.0558 e. The zero-order valence-electron chi connectivity index (χ0n) is 9.99. The number of rotatable bonds is 3. The van der Waals surface area contributed by atoms with Gasteiger partial charge in [0.2, 0.25) is 0 Å². The lowest BCUT2D eigenvalue weighted by Gasteiger charge is -2.43. The Hall–Kier alpha value is 0.217. The summed E-state index contributed by atoms with van der Waals surface area (Å²) in [6.07, 6.45) is 2.74. The van der Waals surface area contributed by atoms with E-state index >= 15 is 0 Å². The molecule has 0 fully saturated rings. The quantitative estimate of drug-likeness (QED) is 0.561. The van der Waals surface area contributed by atoms with Crippen molar-refractivity contribution < 1.29 is 0 Å². The van der Waals surface area contributed by atoms with Gasteiger partial charge in [-0.2, -0.15) is 0 Å². The predicted molar refractivity (Wildman–Crippen MR) is 61.5 cm³/mol. The van der Waals surface area contributed by atoms with Crippen molar-refractivity contribution in [1.29, 1.82) is 0 Å². The third kappa shape index (κ3) is 2.35. The van der Waals surface area contributed by atoms with Gasteiger partial charge in [-0.15, -0.1) is 0 Å². The van der Waals surface area contributed by atoms with Gasteiger partial charge in [0.25, 0.3) is 0 Å². The lowest BCUT2D eigenvalue weighted by molar-refractivity contribution is 0.644. The topological polar surface area (TPSA) is 0 Å². The molecule has 0 aromatic heterocycles. The summed E-state index contributed by atoms with van der Waals surface area (Å²) in [6.45, 7) is 17.0. The molecule has 0 spiro atoms. The zero-order valence-corrected chi connectivity index (χ0v) is 11.0. The molecule has 0 aliphatic carbocycles. The highest BCUT2D eigenvalue weighted by Gasteiger charge is 2.39. The molecule has 0 aliphatic heterocycles. The minimum Gasteiger partial charge on any atom is -0.0688 e. The van der Waals surface area contributed by atoms with Crippen molar-refractivity contribution in [2.24, 2.45) is 0 Å². The normalized spacial score (nSPS) is 14.0. The second kappa shape index (κ2) is 3.95. The molecule has 0 radical (unpaired) electrons. The molecule has 0 unspecified atom stereocenters. The first-order chi connectivity index (χ1) is 5.27. The zero-order chi connectivity index (χ0) is 9.99. The molecule has 74 valence electrons. The number of hydrogen-bond donors (Lipinski definition) is 0. The van der Waals surface area contributed by atoms with E-state index in [1.807, 2.05) is 0 Å². The van der Waals surface area contributed by atoms with Gasteiger partial charge in [-0.05, 0) is 10.6 Å². The van der Waals surface area contributed by atoms with Gasteiger partial charge in [-0.1, -0.05) is 60.6 Å². The lowest BCUT2D eigenvalue weighted by atomic mass is 10.2. The van der Waals surface area contributed by atoms with Crippen LogP contribution in [0.4, 0.5) is 0 Å². The second-order valence-corrected chi connectivity index (χ2v) is 11.2. The van der Waals surface area contributed by atoms with Gasteiger partial charge in [0, 0.05) is 0 Å². The first-order valence-electron chi connectivity index (χ1n) is 5.27. The summed E-state index contributed by atoms with van der Waals surface area (Å²) in [6, 6.07) is 0. The van der Waals surface area contributed by atoms with Gasteiger partial charge in [-0.3, -0.25) is 0 Å². The molecule has 0 saturated heterocycles. The average molecular weight is 186 g/mol. The maximum Gasteiger partial charge on any atom is 0.0558 e. The summed E-state index contributed by atoms with van der Waals surface area (Å²) in [5.74, 6) is 0. The molecule has 0 aromatic carbocycles. The van der Waals surface area contributed by atoms with Gasteiger partial charge in [-0.25, -0.2) is 0 Å². The Bertz CT molecular complexity index is 126. The third-order valence-corrected chi connectivity index (χ3v) is 10.7. The molecule has 0 atom stereocenters. The molecular formula is C11H26Si. The first-order valence-corrected chi connectivity index (χ1v) is 8.35. The standard InChI is InChI=1S/C11H26Si/c1-8-10(9-2)12(6,7)11(3,4)5/h10H,8-9H2,1-7H3. The molecule has 0 heterocycles. The van der Waals surface area contributed by atoms with E-state index in [0.717, 1.165) is 5.54 Å². The Morgan fingerprint density at radius 2 is 1.33 bits per heavy atom. The molecular weight excluding hydrogens is 160 g/mol. The largest absolute Gasteiger partial charge is 0.0688 e. The fourth-order valence-corrected chi connectivity index (χ4v) is 5.19. The van der Waals surface area contributed by atoms with Crippen LogP contribution in [0.5, 0.6) is 0 Å². The van der Waals surface area contributed by atoms with E-state index in [1.165, 1.54) is 12.8 Å². The molecule has 0 aliphatic rings. The van der Waals surface area contributed by atoms with Crippen molar-refractivity contribution in [1.82, 2.24) is 0 Å². The maximum absolute atomic E-state index is 2.55. The van der Waals surface area contributed by atoms with E-state index in [4.69, 9.17) is 0 Å². The molecule has 0 bridgehead atoms. The fraction of sp³-hybridized carbons (Fsp3) is 1.00. The monoisotopic (exact) mass is 186 g/mol. The minimum atomic E-state index is -1.03. The summed E-state index contributed by atoms with van der Waals surface area (Å²) in [7, 11) is -1.03. The fourth-order valence-electron chi connectivity index (χ4n) is 1.92. The van der Waals surface area contributed by atoms with Crippen molar-refractivity contribution in [2.45, 2.75) is 71.1 Å². The van der Waals surface area contributed by atoms with Gasteiger partial charge in [0.15, 0.2) is 0 Å². The van der Waals surface area contributed by atoms with Crippen LogP contribution in [0.2, 0.25) is 23.7 Å². The summed E-state index contributed by atoms with van der Waals surface area (Å²) in [5.41, 5.74) is 0.998. The van der Waals surface area contributed by atoms with E-state index in [0.29, 0.717) is 5.04 Å². The van der Waals surface area contributed by atoms with E-state index in [1.54, 1.807) is 0 Å². The van der Waals surface area contributed by atoms with Crippen molar-refractivity contribution in [3.63, 3.8) is 0 Å². The molecule has 1 heteroatoms. The van der Waals surface area contributed by atoms with Crippen LogP contribution < -0.4 is 0 Å². The highest BCUT2D eigenvalue weighted by molar-refractivity contribution is 6.81. The van der Waals surface area contributed by atoms with Crippen LogP contribution in [0.1, 0.15) is 47.5 Å². The van der Waals surface area contributed by atoms with Gasteiger partial charge >= 0.3 is 0 Å². The molecule has 0 amide bonds. The van der Waals surface area contributed by atoms with Crippen LogP contribution in [0.3, 0.4) is 0 Å². The molecule has 0 nitrogen and oxygen atoms in total. The Labute approximate surface area is 79.8 Å².